The molecule has 116 valence electrons. The van der Waals surface area contributed by atoms with E-state index >= 15 is 0 Å². The fourth-order valence-electron chi connectivity index (χ4n) is 1.65. The van der Waals surface area contributed by atoms with Gasteiger partial charge in [-0.05, 0) is 12.1 Å². The van der Waals surface area contributed by atoms with Crippen LogP contribution in [-0.4, -0.2) is 59.4 Å². The molecular formula is C12H16ClN3O4S. The number of carbonyl (C=O) groups excluding carboxylic acids is 2. The Morgan fingerprint density at radius 2 is 1.95 bits per heavy atom. The van der Waals surface area contributed by atoms with Crippen LogP contribution < -0.4 is 5.73 Å². The van der Waals surface area contributed by atoms with Crippen LogP contribution in [0.15, 0.2) is 12.1 Å². The Bertz CT molecular complexity index is 518. The van der Waals surface area contributed by atoms with Crippen LogP contribution in [0.1, 0.15) is 4.88 Å². The number of nitrogens with zero attached hydrogens (tertiary/aromatic N) is 2. The fraction of sp³-hybridized carbons (Fsp3) is 0.417. The zero-order chi connectivity index (χ0) is 16.0. The van der Waals surface area contributed by atoms with Crippen molar-refractivity contribution >= 4 is 40.7 Å². The normalized spacial score (nSPS) is 10.6. The van der Waals surface area contributed by atoms with E-state index < -0.39 is 18.4 Å². The summed E-state index contributed by atoms with van der Waals surface area (Å²) in [6, 6.07) is 3.55. The van der Waals surface area contributed by atoms with E-state index in [1.807, 2.05) is 6.07 Å². The van der Waals surface area contributed by atoms with E-state index in [-0.39, 0.29) is 19.0 Å². The molecule has 1 heterocycles. The molecule has 0 fully saturated rings. The quantitative estimate of drug-likeness (QED) is 0.708. The van der Waals surface area contributed by atoms with E-state index in [4.69, 9.17) is 22.4 Å². The van der Waals surface area contributed by atoms with Gasteiger partial charge in [-0.1, -0.05) is 11.6 Å². The van der Waals surface area contributed by atoms with Crippen LogP contribution in [0.4, 0.5) is 0 Å². The summed E-state index contributed by atoms with van der Waals surface area (Å²) in [6.07, 6.45) is 0. The molecular weight excluding hydrogens is 318 g/mol. The number of primary amides is 1. The minimum Gasteiger partial charge on any atom is -0.480 e. The number of likely N-dealkylation sites (N-methyl/N-ethyl adjacent to an activating group) is 1. The van der Waals surface area contributed by atoms with E-state index in [0.717, 1.165) is 4.88 Å². The third-order valence-electron chi connectivity index (χ3n) is 2.54. The highest BCUT2D eigenvalue weighted by atomic mass is 35.5. The summed E-state index contributed by atoms with van der Waals surface area (Å²) in [5.41, 5.74) is 5.04. The molecule has 0 aliphatic carbocycles. The predicted octanol–water partition coefficient (Wildman–Crippen LogP) is 0.232. The Hall–Kier alpha value is -1.64. The van der Waals surface area contributed by atoms with E-state index in [1.54, 1.807) is 13.1 Å². The average Bonchev–Trinajstić information content (AvgIpc) is 2.72. The number of hydrogen-bond acceptors (Lipinski definition) is 5. The molecule has 0 aliphatic heterocycles. The number of carboxylic acids is 1. The third kappa shape index (κ3) is 6.56. The molecule has 7 nitrogen and oxygen atoms in total. The van der Waals surface area contributed by atoms with Gasteiger partial charge in [0.25, 0.3) is 0 Å². The average molecular weight is 334 g/mol. The lowest BCUT2D eigenvalue weighted by Crippen LogP contribution is -2.44. The highest BCUT2D eigenvalue weighted by Gasteiger charge is 2.19. The topological polar surface area (TPSA) is 104 Å². The zero-order valence-corrected chi connectivity index (χ0v) is 13.0. The van der Waals surface area contributed by atoms with E-state index in [2.05, 4.69) is 0 Å². The molecule has 0 saturated heterocycles. The highest BCUT2D eigenvalue weighted by molar-refractivity contribution is 7.16. The molecule has 0 radical (unpaired) electrons. The van der Waals surface area contributed by atoms with Gasteiger partial charge in [0.05, 0.1) is 30.5 Å². The van der Waals surface area contributed by atoms with Gasteiger partial charge in [-0.15, -0.1) is 11.3 Å². The first kappa shape index (κ1) is 17.4. The predicted molar refractivity (Wildman–Crippen MR) is 79.1 cm³/mol. The second-order valence-electron chi connectivity index (χ2n) is 4.46. The van der Waals surface area contributed by atoms with Gasteiger partial charge in [0, 0.05) is 11.9 Å². The van der Waals surface area contributed by atoms with Gasteiger partial charge in [0.2, 0.25) is 11.8 Å². The third-order valence-corrected chi connectivity index (χ3v) is 3.76. The Kier molecular flexibility index (Phi) is 6.60. The van der Waals surface area contributed by atoms with Crippen LogP contribution in [0.25, 0.3) is 0 Å². The van der Waals surface area contributed by atoms with Crippen molar-refractivity contribution in [2.24, 2.45) is 5.73 Å². The van der Waals surface area contributed by atoms with Crippen molar-refractivity contribution in [2.45, 2.75) is 6.54 Å². The van der Waals surface area contributed by atoms with Gasteiger partial charge in [-0.2, -0.15) is 0 Å². The van der Waals surface area contributed by atoms with Crippen molar-refractivity contribution in [2.75, 3.05) is 26.7 Å². The maximum absolute atomic E-state index is 12.0. The molecule has 3 N–H and O–H groups in total. The SMILES string of the molecule is CN(Cc1ccc(Cl)s1)C(=O)CN(CC(N)=O)CC(=O)O. The van der Waals surface area contributed by atoms with Gasteiger partial charge in [-0.25, -0.2) is 0 Å². The standard InChI is InChI=1S/C12H16ClN3O4S/c1-15(4-8-2-3-9(13)21-8)11(18)6-16(5-10(14)17)7-12(19)20/h2-3H,4-7H2,1H3,(H2,14,17)(H,19,20). The van der Waals surface area contributed by atoms with Crippen LogP contribution in [-0.2, 0) is 20.9 Å². The Morgan fingerprint density at radius 1 is 1.29 bits per heavy atom. The molecule has 2 amide bonds. The number of carbonyl (C=O) groups is 3. The van der Waals surface area contributed by atoms with Crippen molar-refractivity contribution in [1.29, 1.82) is 0 Å². The Balaban J connectivity index is 2.58. The van der Waals surface area contributed by atoms with Crippen LogP contribution >= 0.6 is 22.9 Å². The monoisotopic (exact) mass is 333 g/mol. The van der Waals surface area contributed by atoms with Crippen molar-refractivity contribution in [1.82, 2.24) is 9.80 Å². The summed E-state index contributed by atoms with van der Waals surface area (Å²) >= 11 is 7.18. The Labute approximate surface area is 130 Å². The van der Waals surface area contributed by atoms with E-state index in [1.165, 1.54) is 21.1 Å². The summed E-state index contributed by atoms with van der Waals surface area (Å²) in [4.78, 5) is 37.2. The number of carboxylic acid groups (broad SMARTS) is 1. The van der Waals surface area contributed by atoms with E-state index in [9.17, 15) is 14.4 Å². The zero-order valence-electron chi connectivity index (χ0n) is 11.4. The highest BCUT2D eigenvalue weighted by Crippen LogP contribution is 2.22. The first-order valence-electron chi connectivity index (χ1n) is 5.98. The van der Waals surface area contributed by atoms with Gasteiger partial charge in [0.15, 0.2) is 0 Å². The van der Waals surface area contributed by atoms with Gasteiger partial charge >= 0.3 is 5.97 Å². The Morgan fingerprint density at radius 3 is 2.43 bits per heavy atom. The van der Waals surface area contributed by atoms with Crippen molar-refractivity contribution in [3.05, 3.63) is 21.3 Å². The summed E-state index contributed by atoms with van der Waals surface area (Å²) in [7, 11) is 1.60. The molecule has 0 atom stereocenters. The molecule has 9 heteroatoms. The lowest BCUT2D eigenvalue weighted by Gasteiger charge is -2.22. The molecule has 1 aromatic rings. The number of nitrogens with two attached hydrogens (primary N) is 1. The lowest BCUT2D eigenvalue weighted by atomic mass is 10.3. The lowest BCUT2D eigenvalue weighted by molar-refractivity contribution is -0.140. The summed E-state index contributed by atoms with van der Waals surface area (Å²) in [5, 5.41) is 8.75. The minimum atomic E-state index is -1.13. The molecule has 1 rings (SSSR count). The first-order chi connectivity index (χ1) is 9.77. The van der Waals surface area contributed by atoms with Crippen LogP contribution in [0.3, 0.4) is 0 Å². The molecule has 0 aliphatic rings. The first-order valence-corrected chi connectivity index (χ1v) is 7.18. The van der Waals surface area contributed by atoms with Crippen LogP contribution in [0.5, 0.6) is 0 Å². The second kappa shape index (κ2) is 7.96. The van der Waals surface area contributed by atoms with E-state index in [0.29, 0.717) is 10.9 Å². The molecule has 21 heavy (non-hydrogen) atoms. The van der Waals surface area contributed by atoms with Crippen LogP contribution in [0, 0.1) is 0 Å². The van der Waals surface area contributed by atoms with Crippen molar-refractivity contribution < 1.29 is 19.5 Å². The molecule has 0 unspecified atom stereocenters. The number of thiophene rings is 1. The van der Waals surface area contributed by atoms with Crippen LogP contribution in [0.2, 0.25) is 4.34 Å². The second-order valence-corrected chi connectivity index (χ2v) is 6.26. The largest absolute Gasteiger partial charge is 0.480 e. The van der Waals surface area contributed by atoms with Gasteiger partial charge in [0.1, 0.15) is 0 Å². The minimum absolute atomic E-state index is 0.190. The molecule has 0 aromatic carbocycles. The maximum Gasteiger partial charge on any atom is 0.317 e. The maximum atomic E-state index is 12.0. The smallest absolute Gasteiger partial charge is 0.317 e. The molecule has 1 aromatic heterocycles. The van der Waals surface area contributed by atoms with Crippen molar-refractivity contribution in [3.8, 4) is 0 Å². The summed E-state index contributed by atoms with van der Waals surface area (Å²) < 4.78 is 0.632. The molecule has 0 spiro atoms. The molecule has 0 bridgehead atoms. The van der Waals surface area contributed by atoms with Gasteiger partial charge in [-0.3, -0.25) is 19.3 Å². The summed E-state index contributed by atoms with van der Waals surface area (Å²) in [5.74, 6) is -2.12. The number of rotatable bonds is 8. The number of aliphatic carboxylic acids is 1. The summed E-state index contributed by atoms with van der Waals surface area (Å²) in [6.45, 7) is -0.525. The molecule has 0 saturated carbocycles. The number of amides is 2. The van der Waals surface area contributed by atoms with Gasteiger partial charge < -0.3 is 15.7 Å². The fourth-order valence-corrected chi connectivity index (χ4v) is 2.79. The van der Waals surface area contributed by atoms with Crippen molar-refractivity contribution in [3.63, 3.8) is 0 Å². The number of halogens is 1. The number of hydrogen-bond donors (Lipinski definition) is 2.